The van der Waals surface area contributed by atoms with E-state index in [4.69, 9.17) is 0 Å². The van der Waals surface area contributed by atoms with E-state index in [9.17, 15) is 9.90 Å². The maximum absolute atomic E-state index is 11.2. The highest BCUT2D eigenvalue weighted by Crippen LogP contribution is 2.06. The Balaban J connectivity index is 3.30. The highest BCUT2D eigenvalue weighted by molar-refractivity contribution is 14.1. The quantitative estimate of drug-likeness (QED) is 0.340. The number of aliphatic hydroxyl groups excluding tert-OH is 1. The number of aliphatic hydroxyl groups is 1. The Morgan fingerprint density at radius 1 is 1.40 bits per heavy atom. The van der Waals surface area contributed by atoms with Crippen molar-refractivity contribution in [2.24, 2.45) is 0 Å². The number of halogens is 1. The lowest BCUT2D eigenvalue weighted by Crippen LogP contribution is -2.28. The Morgan fingerprint density at radius 3 is 2.73 bits per heavy atom. The van der Waals surface area contributed by atoms with Crippen LogP contribution in [0.3, 0.4) is 0 Å². The van der Waals surface area contributed by atoms with Crippen molar-refractivity contribution in [2.75, 3.05) is 13.1 Å². The predicted molar refractivity (Wildman–Crippen MR) is 69.8 cm³/mol. The minimum absolute atomic E-state index is 0.0744. The summed E-state index contributed by atoms with van der Waals surface area (Å²) in [5.41, 5.74) is 0. The smallest absolute Gasteiger partial charge is 0.220 e. The summed E-state index contributed by atoms with van der Waals surface area (Å²) in [7, 11) is 0. The van der Waals surface area contributed by atoms with Crippen molar-refractivity contribution in [3.8, 4) is 0 Å². The molecule has 0 unspecified atom stereocenters. The topological polar surface area (TPSA) is 61.4 Å². The molecule has 0 rings (SSSR count). The van der Waals surface area contributed by atoms with Crippen molar-refractivity contribution in [3.63, 3.8) is 0 Å². The number of nitrogens with one attached hydrogen (secondary N) is 2. The molecule has 5 heteroatoms. The van der Waals surface area contributed by atoms with Crippen LogP contribution in [0.15, 0.2) is 0 Å². The van der Waals surface area contributed by atoms with E-state index in [0.29, 0.717) is 13.0 Å². The average molecular weight is 328 g/mol. The monoisotopic (exact) mass is 328 g/mol. The zero-order valence-corrected chi connectivity index (χ0v) is 11.4. The molecule has 0 aromatic rings. The number of amides is 1. The third kappa shape index (κ3) is 10.4. The van der Waals surface area contributed by atoms with Gasteiger partial charge < -0.3 is 10.4 Å². The molecule has 0 spiro atoms. The lowest BCUT2D eigenvalue weighted by molar-refractivity contribution is -0.121. The maximum Gasteiger partial charge on any atom is 0.220 e. The van der Waals surface area contributed by atoms with Crippen molar-refractivity contribution >= 4 is 28.8 Å². The van der Waals surface area contributed by atoms with Crippen molar-refractivity contribution in [1.82, 2.24) is 8.85 Å². The van der Waals surface area contributed by atoms with Crippen molar-refractivity contribution in [1.29, 1.82) is 0 Å². The van der Waals surface area contributed by atoms with Crippen molar-refractivity contribution in [2.45, 2.75) is 45.1 Å². The number of carbonyl (C=O) groups is 1. The molecule has 3 N–H and O–H groups in total. The van der Waals surface area contributed by atoms with Gasteiger partial charge in [0, 0.05) is 42.4 Å². The summed E-state index contributed by atoms with van der Waals surface area (Å²) in [5, 5.41) is 12.2. The Hall–Kier alpha value is 0.120. The molecule has 0 aliphatic heterocycles. The molecule has 1 amide bonds. The third-order valence-electron chi connectivity index (χ3n) is 2.10. The summed E-state index contributed by atoms with van der Waals surface area (Å²) in [6.45, 7) is 3.50. The molecular formula is C10H21IN2O2. The summed E-state index contributed by atoms with van der Waals surface area (Å²) >= 11 is 2.05. The van der Waals surface area contributed by atoms with Crippen LogP contribution in [0.2, 0.25) is 0 Å². The minimum atomic E-state index is -0.237. The second-order valence-electron chi connectivity index (χ2n) is 3.57. The van der Waals surface area contributed by atoms with E-state index in [0.717, 1.165) is 32.2 Å². The van der Waals surface area contributed by atoms with Gasteiger partial charge in [0.25, 0.3) is 0 Å². The number of hydrogen-bond donors (Lipinski definition) is 3. The molecule has 4 nitrogen and oxygen atoms in total. The van der Waals surface area contributed by atoms with Gasteiger partial charge >= 0.3 is 0 Å². The molecular weight excluding hydrogens is 307 g/mol. The first kappa shape index (κ1) is 15.1. The largest absolute Gasteiger partial charge is 0.393 e. The van der Waals surface area contributed by atoms with E-state index in [1.807, 2.05) is 29.8 Å². The van der Waals surface area contributed by atoms with Gasteiger partial charge in [0.1, 0.15) is 0 Å². The first-order valence-corrected chi connectivity index (χ1v) is 6.56. The molecule has 1 atom stereocenters. The van der Waals surface area contributed by atoms with E-state index in [1.165, 1.54) is 0 Å². The first-order valence-electron chi connectivity index (χ1n) is 5.49. The highest BCUT2D eigenvalue weighted by atomic mass is 127. The molecule has 0 aliphatic rings. The molecule has 0 aromatic carbocycles. The van der Waals surface area contributed by atoms with Gasteiger partial charge in [-0.1, -0.05) is 13.3 Å². The summed E-state index contributed by atoms with van der Waals surface area (Å²) in [6.07, 6.45) is 3.60. The summed E-state index contributed by atoms with van der Waals surface area (Å²) in [5.74, 6) is 0.0744. The van der Waals surface area contributed by atoms with Crippen LogP contribution < -0.4 is 8.85 Å². The van der Waals surface area contributed by atoms with E-state index in [-0.39, 0.29) is 12.0 Å². The van der Waals surface area contributed by atoms with Crippen LogP contribution >= 0.6 is 22.9 Å². The number of hydrogen-bond acceptors (Lipinski definition) is 3. The molecule has 0 radical (unpaired) electrons. The lowest BCUT2D eigenvalue weighted by atomic mass is 10.1. The van der Waals surface area contributed by atoms with Crippen molar-refractivity contribution < 1.29 is 9.90 Å². The maximum atomic E-state index is 11.2. The summed E-state index contributed by atoms with van der Waals surface area (Å²) in [4.78, 5) is 11.2. The van der Waals surface area contributed by atoms with Crippen LogP contribution in [-0.4, -0.2) is 30.2 Å². The van der Waals surface area contributed by atoms with Crippen LogP contribution in [0.4, 0.5) is 0 Å². The average Bonchev–Trinajstić information content (AvgIpc) is 2.18. The van der Waals surface area contributed by atoms with Gasteiger partial charge in [-0.15, -0.1) is 0 Å². The van der Waals surface area contributed by atoms with Gasteiger partial charge in [0.2, 0.25) is 5.91 Å². The molecule has 90 valence electrons. The van der Waals surface area contributed by atoms with Crippen LogP contribution in [0, 0.1) is 0 Å². The molecule has 0 aliphatic carbocycles. The van der Waals surface area contributed by atoms with Gasteiger partial charge in [-0.05, 0) is 19.3 Å². The Kier molecular flexibility index (Phi) is 10.7. The van der Waals surface area contributed by atoms with Gasteiger partial charge in [-0.3, -0.25) is 8.32 Å². The zero-order chi connectivity index (χ0) is 11.5. The van der Waals surface area contributed by atoms with E-state index >= 15 is 0 Å². The summed E-state index contributed by atoms with van der Waals surface area (Å²) in [6, 6.07) is 0. The third-order valence-corrected chi connectivity index (χ3v) is 2.64. The van der Waals surface area contributed by atoms with Crippen LogP contribution in [-0.2, 0) is 4.79 Å². The Bertz CT molecular complexity index is 168. The summed E-state index contributed by atoms with van der Waals surface area (Å²) < 4.78 is 2.93. The van der Waals surface area contributed by atoms with Crippen molar-refractivity contribution in [3.05, 3.63) is 0 Å². The number of rotatable bonds is 9. The van der Waals surface area contributed by atoms with Crippen LogP contribution in [0.5, 0.6) is 0 Å². The first-order chi connectivity index (χ1) is 7.20. The number of carbonyl (C=O) groups excluding carboxylic acids is 1. The van der Waals surface area contributed by atoms with Gasteiger partial charge in [-0.25, -0.2) is 0 Å². The second kappa shape index (κ2) is 10.6. The fourth-order valence-electron chi connectivity index (χ4n) is 1.31. The minimum Gasteiger partial charge on any atom is -0.393 e. The van der Waals surface area contributed by atoms with Crippen LogP contribution in [0.1, 0.15) is 39.0 Å². The molecule has 0 fully saturated rings. The van der Waals surface area contributed by atoms with E-state index < -0.39 is 0 Å². The van der Waals surface area contributed by atoms with Gasteiger partial charge in [0.15, 0.2) is 0 Å². The van der Waals surface area contributed by atoms with Gasteiger partial charge in [0.05, 0.1) is 6.10 Å². The standard InChI is InChI=1S/C10H21IN2O2/c1-2-4-9(14)5-3-6-10(15)12-7-8-13-11/h9,13-14H,2-8H2,1H3,(H,12,15)/t9-/m1/s1. The predicted octanol–water partition coefficient (Wildman–Crippen LogP) is 1.37. The Labute approximate surface area is 106 Å². The molecule has 15 heavy (non-hydrogen) atoms. The Morgan fingerprint density at radius 2 is 2.13 bits per heavy atom. The molecule has 0 saturated heterocycles. The van der Waals surface area contributed by atoms with E-state index in [2.05, 4.69) is 8.85 Å². The van der Waals surface area contributed by atoms with E-state index in [1.54, 1.807) is 0 Å². The lowest BCUT2D eigenvalue weighted by Gasteiger charge is -2.08. The molecule has 0 aromatic heterocycles. The second-order valence-corrected chi connectivity index (χ2v) is 4.33. The van der Waals surface area contributed by atoms with Gasteiger partial charge in [-0.2, -0.15) is 0 Å². The fraction of sp³-hybridized carbons (Fsp3) is 0.900. The zero-order valence-electron chi connectivity index (χ0n) is 9.26. The molecule has 0 heterocycles. The normalized spacial score (nSPS) is 12.5. The fourth-order valence-corrected chi connectivity index (χ4v) is 1.58. The molecule has 0 saturated carbocycles. The highest BCUT2D eigenvalue weighted by Gasteiger charge is 2.05. The van der Waals surface area contributed by atoms with Crippen LogP contribution in [0.25, 0.3) is 0 Å². The molecule has 0 bridgehead atoms. The SMILES string of the molecule is CCC[C@@H](O)CCCC(=O)NCCNI.